The smallest absolute Gasteiger partial charge is 0.271 e. The van der Waals surface area contributed by atoms with Crippen molar-refractivity contribution in [1.82, 2.24) is 10.3 Å². The van der Waals surface area contributed by atoms with E-state index in [9.17, 15) is 4.79 Å². The summed E-state index contributed by atoms with van der Waals surface area (Å²) in [4.78, 5) is 15.0. The molecule has 1 heterocycles. The van der Waals surface area contributed by atoms with Gasteiger partial charge in [0.15, 0.2) is 0 Å². The number of benzene rings is 2. The van der Waals surface area contributed by atoms with Gasteiger partial charge in [-0.15, -0.1) is 0 Å². The van der Waals surface area contributed by atoms with E-state index < -0.39 is 0 Å². The maximum Gasteiger partial charge on any atom is 0.271 e. The van der Waals surface area contributed by atoms with E-state index in [4.69, 9.17) is 14.2 Å². The van der Waals surface area contributed by atoms with Crippen LogP contribution < -0.4 is 14.9 Å². The Morgan fingerprint density at radius 2 is 1.69 bits per heavy atom. The molecule has 7 heteroatoms. The molecule has 2 aromatic carbocycles. The summed E-state index contributed by atoms with van der Waals surface area (Å²) < 4.78 is 16.0. The number of rotatable bonds is 7. The van der Waals surface area contributed by atoms with Gasteiger partial charge in [-0.2, -0.15) is 5.10 Å². The first-order chi connectivity index (χ1) is 14.1. The molecule has 0 bridgehead atoms. The summed E-state index contributed by atoms with van der Waals surface area (Å²) in [6.07, 6.45) is 0. The molecule has 0 aliphatic carbocycles. The molecular weight excluding hydrogens is 370 g/mol. The van der Waals surface area contributed by atoms with Gasteiger partial charge in [0.05, 0.1) is 39.2 Å². The lowest BCUT2D eigenvalue weighted by atomic mass is 10.0. The third kappa shape index (κ3) is 5.34. The Labute approximate surface area is 171 Å². The second kappa shape index (κ2) is 10.0. The van der Waals surface area contributed by atoms with Crippen molar-refractivity contribution in [3.05, 3.63) is 59.7 Å². The summed E-state index contributed by atoms with van der Waals surface area (Å²) >= 11 is 0. The van der Waals surface area contributed by atoms with Crippen molar-refractivity contribution in [2.75, 3.05) is 40.5 Å². The first kappa shape index (κ1) is 20.8. The van der Waals surface area contributed by atoms with Crippen LogP contribution >= 0.6 is 0 Å². The van der Waals surface area contributed by atoms with Crippen LogP contribution in [-0.4, -0.2) is 57.0 Å². The van der Waals surface area contributed by atoms with Gasteiger partial charge >= 0.3 is 0 Å². The van der Waals surface area contributed by atoms with Crippen LogP contribution in [0.3, 0.4) is 0 Å². The highest BCUT2D eigenvalue weighted by molar-refractivity contribution is 5.96. The first-order valence-electron chi connectivity index (χ1n) is 9.56. The highest BCUT2D eigenvalue weighted by Gasteiger charge is 2.25. The largest absolute Gasteiger partial charge is 0.497 e. The van der Waals surface area contributed by atoms with Crippen LogP contribution in [0.5, 0.6) is 11.5 Å². The summed E-state index contributed by atoms with van der Waals surface area (Å²) in [5, 5.41) is 4.42. The normalized spacial score (nSPS) is 16.2. The number of hydrazone groups is 1. The maximum absolute atomic E-state index is 12.7. The molecule has 3 rings (SSSR count). The molecule has 1 saturated heterocycles. The summed E-state index contributed by atoms with van der Waals surface area (Å²) in [6, 6.07) is 15.2. The fourth-order valence-electron chi connectivity index (χ4n) is 3.39. The quantitative estimate of drug-likeness (QED) is 0.575. The van der Waals surface area contributed by atoms with Gasteiger partial charge in [0, 0.05) is 24.7 Å². The number of nitrogens with one attached hydrogen (secondary N) is 1. The zero-order valence-corrected chi connectivity index (χ0v) is 17.1. The van der Waals surface area contributed by atoms with Crippen molar-refractivity contribution in [3.63, 3.8) is 0 Å². The number of hydrogen-bond donors (Lipinski definition) is 1. The minimum absolute atomic E-state index is 0.0276. The van der Waals surface area contributed by atoms with E-state index in [1.165, 1.54) is 0 Å². The Bertz CT molecular complexity index is 826. The van der Waals surface area contributed by atoms with Crippen LogP contribution in [0.4, 0.5) is 0 Å². The van der Waals surface area contributed by atoms with E-state index in [-0.39, 0.29) is 11.9 Å². The molecule has 0 radical (unpaired) electrons. The van der Waals surface area contributed by atoms with Crippen LogP contribution in [0.2, 0.25) is 0 Å². The molecule has 1 N–H and O–H groups in total. The minimum atomic E-state index is -0.324. The van der Waals surface area contributed by atoms with Gasteiger partial charge in [0.1, 0.15) is 11.5 Å². The zero-order valence-electron chi connectivity index (χ0n) is 17.1. The van der Waals surface area contributed by atoms with Gasteiger partial charge in [-0.05, 0) is 24.6 Å². The number of ether oxygens (including phenoxy) is 3. The van der Waals surface area contributed by atoms with E-state index in [1.54, 1.807) is 32.4 Å². The molecule has 0 aromatic heterocycles. The van der Waals surface area contributed by atoms with Gasteiger partial charge in [-0.3, -0.25) is 9.69 Å². The van der Waals surface area contributed by atoms with Crippen molar-refractivity contribution in [2.24, 2.45) is 5.10 Å². The van der Waals surface area contributed by atoms with E-state index in [0.29, 0.717) is 30.3 Å². The highest BCUT2D eigenvalue weighted by atomic mass is 16.5. The van der Waals surface area contributed by atoms with Crippen LogP contribution in [0.25, 0.3) is 0 Å². The lowest BCUT2D eigenvalue weighted by Gasteiger charge is -2.34. The topological polar surface area (TPSA) is 72.4 Å². The molecule has 29 heavy (non-hydrogen) atoms. The molecule has 1 aliphatic rings. The van der Waals surface area contributed by atoms with Crippen molar-refractivity contribution in [3.8, 4) is 11.5 Å². The molecule has 154 valence electrons. The summed E-state index contributed by atoms with van der Waals surface area (Å²) in [5.74, 6) is 0.770. The SMILES string of the molecule is COc1cc(OC)cc(C(=O)N/N=C(/C)[C@@H](c2ccccc2)N2CCOCC2)c1. The number of hydrogen-bond acceptors (Lipinski definition) is 6. The Hall–Kier alpha value is -2.90. The van der Waals surface area contributed by atoms with Crippen molar-refractivity contribution < 1.29 is 19.0 Å². The van der Waals surface area contributed by atoms with Gasteiger partial charge in [-0.1, -0.05) is 30.3 Å². The Morgan fingerprint density at radius 3 is 2.28 bits per heavy atom. The lowest BCUT2D eigenvalue weighted by Crippen LogP contribution is -2.42. The minimum Gasteiger partial charge on any atom is -0.497 e. The highest BCUT2D eigenvalue weighted by Crippen LogP contribution is 2.24. The third-order valence-corrected chi connectivity index (χ3v) is 4.87. The average Bonchev–Trinajstić information content (AvgIpc) is 2.78. The number of methoxy groups -OCH3 is 2. The third-order valence-electron chi connectivity index (χ3n) is 4.87. The summed E-state index contributed by atoms with van der Waals surface area (Å²) in [7, 11) is 3.09. The number of nitrogens with zero attached hydrogens (tertiary/aromatic N) is 2. The predicted molar refractivity (Wildman–Crippen MR) is 112 cm³/mol. The average molecular weight is 397 g/mol. The van der Waals surface area contributed by atoms with Crippen LogP contribution in [0, 0.1) is 0 Å². The molecule has 1 fully saturated rings. The monoisotopic (exact) mass is 397 g/mol. The predicted octanol–water partition coefficient (Wildman–Crippen LogP) is 2.88. The number of amides is 1. The van der Waals surface area contributed by atoms with Crippen LogP contribution in [-0.2, 0) is 4.74 Å². The lowest BCUT2D eigenvalue weighted by molar-refractivity contribution is 0.0285. The number of morpholine rings is 1. The fraction of sp³-hybridized carbons (Fsp3) is 0.364. The molecule has 1 atom stereocenters. The molecule has 1 aliphatic heterocycles. The fourth-order valence-corrected chi connectivity index (χ4v) is 3.39. The van der Waals surface area contributed by atoms with E-state index in [0.717, 1.165) is 24.4 Å². The Balaban J connectivity index is 1.80. The van der Waals surface area contributed by atoms with Crippen LogP contribution in [0.15, 0.2) is 53.6 Å². The Kier molecular flexibility index (Phi) is 7.21. The second-order valence-corrected chi connectivity index (χ2v) is 6.76. The van der Waals surface area contributed by atoms with E-state index in [2.05, 4.69) is 27.6 Å². The maximum atomic E-state index is 12.7. The molecule has 7 nitrogen and oxygen atoms in total. The molecule has 2 aromatic rings. The molecule has 1 amide bonds. The molecule has 0 unspecified atom stereocenters. The Morgan fingerprint density at radius 1 is 1.07 bits per heavy atom. The molecular formula is C22H27N3O4. The molecule has 0 saturated carbocycles. The van der Waals surface area contributed by atoms with Gasteiger partial charge in [0.2, 0.25) is 0 Å². The van der Waals surface area contributed by atoms with E-state index >= 15 is 0 Å². The van der Waals surface area contributed by atoms with Crippen molar-refractivity contribution >= 4 is 11.6 Å². The zero-order chi connectivity index (χ0) is 20.6. The van der Waals surface area contributed by atoms with Crippen LogP contribution in [0.1, 0.15) is 28.9 Å². The van der Waals surface area contributed by atoms with Gasteiger partial charge in [-0.25, -0.2) is 5.43 Å². The summed E-state index contributed by atoms with van der Waals surface area (Å²) in [5.41, 5.74) is 5.03. The molecule has 0 spiro atoms. The second-order valence-electron chi connectivity index (χ2n) is 6.76. The van der Waals surface area contributed by atoms with Gasteiger partial charge in [0.25, 0.3) is 5.91 Å². The van der Waals surface area contributed by atoms with Gasteiger partial charge < -0.3 is 14.2 Å². The first-order valence-corrected chi connectivity index (χ1v) is 9.56. The van der Waals surface area contributed by atoms with Crippen molar-refractivity contribution in [2.45, 2.75) is 13.0 Å². The summed E-state index contributed by atoms with van der Waals surface area (Å²) in [6.45, 7) is 4.93. The number of carbonyl (C=O) groups is 1. The number of carbonyl (C=O) groups excluding carboxylic acids is 1. The standard InChI is InChI=1S/C22H27N3O4/c1-16(21(17-7-5-4-6-8-17)25-9-11-29-12-10-25)23-24-22(26)18-13-19(27-2)15-20(14-18)28-3/h4-8,13-15,21H,9-12H2,1-3H3,(H,24,26)/b23-16-/t21-/m0/s1. The van der Waals surface area contributed by atoms with E-state index in [1.807, 2.05) is 25.1 Å². The van der Waals surface area contributed by atoms with Crippen molar-refractivity contribution in [1.29, 1.82) is 0 Å².